The Morgan fingerprint density at radius 3 is 2.79 bits per heavy atom. The molecule has 14 heavy (non-hydrogen) atoms. The monoisotopic (exact) mass is 194 g/mol. The molecule has 1 atom stereocenters. The van der Waals surface area contributed by atoms with Crippen LogP contribution >= 0.6 is 0 Å². The Balaban J connectivity index is 2.74. The lowest BCUT2D eigenvalue weighted by atomic mass is 10.1. The van der Waals surface area contributed by atoms with E-state index < -0.39 is 6.10 Å². The maximum atomic E-state index is 11.3. The van der Waals surface area contributed by atoms with Gasteiger partial charge in [0, 0.05) is 12.8 Å². The van der Waals surface area contributed by atoms with Crippen LogP contribution in [0.4, 0.5) is 0 Å². The summed E-state index contributed by atoms with van der Waals surface area (Å²) in [6, 6.07) is 0. The topological polar surface area (TPSA) is 43.4 Å². The molecule has 0 radical (unpaired) electrons. The molecule has 1 rings (SSSR count). The molecule has 0 N–H and O–H groups in total. The number of hydrogen-bond acceptors (Lipinski definition) is 3. The molecule has 3 nitrogen and oxygen atoms in total. The van der Waals surface area contributed by atoms with Crippen LogP contribution in [0.25, 0.3) is 0 Å². The van der Waals surface area contributed by atoms with Crippen LogP contribution in [0.3, 0.4) is 0 Å². The van der Waals surface area contributed by atoms with Crippen molar-refractivity contribution < 1.29 is 14.3 Å². The first-order chi connectivity index (χ1) is 6.60. The number of ether oxygens (including phenoxy) is 1. The normalized spacial score (nSPS) is 20.6. The lowest BCUT2D eigenvalue weighted by Gasteiger charge is -2.08. The Labute approximate surface area is 83.4 Å². The molecule has 0 aliphatic carbocycles. The van der Waals surface area contributed by atoms with Gasteiger partial charge in [-0.25, -0.2) is 0 Å². The minimum Gasteiger partial charge on any atom is -0.478 e. The van der Waals surface area contributed by atoms with Crippen LogP contribution in [-0.4, -0.2) is 17.7 Å². The Morgan fingerprint density at radius 2 is 2.29 bits per heavy atom. The first-order valence-electron chi connectivity index (χ1n) is 4.66. The number of allylic oxidation sites excluding steroid dienone is 1. The Morgan fingerprint density at radius 1 is 1.64 bits per heavy atom. The molecule has 0 aromatic rings. The van der Waals surface area contributed by atoms with Gasteiger partial charge in [0.05, 0.1) is 0 Å². The Bertz CT molecular complexity index is 312. The number of ketones is 2. The summed E-state index contributed by atoms with van der Waals surface area (Å²) in [5.74, 6) is 0.0944. The van der Waals surface area contributed by atoms with Crippen molar-refractivity contribution in [2.75, 3.05) is 0 Å². The quantitative estimate of drug-likeness (QED) is 0.641. The summed E-state index contributed by atoms with van der Waals surface area (Å²) in [4.78, 5) is 22.6. The van der Waals surface area contributed by atoms with Crippen molar-refractivity contribution >= 4 is 11.6 Å². The van der Waals surface area contributed by atoms with Gasteiger partial charge in [-0.1, -0.05) is 13.5 Å². The standard InChI is InChI=1S/C11H14O3/c1-4-8(12)10-6-7(3)11(14-10)9(13)5-2/h5,10H,2,4,6H2,1,3H3. The molecule has 0 amide bonds. The molecule has 1 aliphatic heterocycles. The van der Waals surface area contributed by atoms with Crippen LogP contribution in [0.1, 0.15) is 26.7 Å². The highest BCUT2D eigenvalue weighted by Gasteiger charge is 2.30. The number of Topliss-reactive ketones (excluding diaryl/α,β-unsaturated/α-hetero) is 1. The van der Waals surface area contributed by atoms with Crippen LogP contribution in [0.2, 0.25) is 0 Å². The van der Waals surface area contributed by atoms with Crippen molar-refractivity contribution in [2.45, 2.75) is 32.8 Å². The molecule has 1 aliphatic rings. The molecule has 1 heterocycles. The average Bonchev–Trinajstić information content (AvgIpc) is 2.58. The zero-order chi connectivity index (χ0) is 10.7. The first-order valence-corrected chi connectivity index (χ1v) is 4.66. The summed E-state index contributed by atoms with van der Waals surface area (Å²) in [5.41, 5.74) is 0.835. The molecule has 76 valence electrons. The van der Waals surface area contributed by atoms with Crippen LogP contribution < -0.4 is 0 Å². The van der Waals surface area contributed by atoms with Crippen LogP contribution in [0, 0.1) is 0 Å². The molecule has 1 unspecified atom stereocenters. The van der Waals surface area contributed by atoms with Crippen molar-refractivity contribution in [3.8, 4) is 0 Å². The van der Waals surface area contributed by atoms with Gasteiger partial charge in [-0.2, -0.15) is 0 Å². The van der Waals surface area contributed by atoms with E-state index in [0.29, 0.717) is 18.6 Å². The molecular weight excluding hydrogens is 180 g/mol. The Hall–Kier alpha value is -1.38. The fourth-order valence-corrected chi connectivity index (χ4v) is 1.42. The third-order valence-electron chi connectivity index (χ3n) is 2.26. The second-order valence-corrected chi connectivity index (χ2v) is 3.31. The van der Waals surface area contributed by atoms with Crippen molar-refractivity contribution in [3.05, 3.63) is 24.0 Å². The molecule has 0 bridgehead atoms. The van der Waals surface area contributed by atoms with Gasteiger partial charge in [-0.15, -0.1) is 0 Å². The molecule has 3 heteroatoms. The second kappa shape index (κ2) is 4.22. The van der Waals surface area contributed by atoms with Gasteiger partial charge in [0.15, 0.2) is 17.6 Å². The lowest BCUT2D eigenvalue weighted by Crippen LogP contribution is -2.19. The zero-order valence-corrected chi connectivity index (χ0v) is 8.50. The van der Waals surface area contributed by atoms with E-state index in [1.165, 1.54) is 6.08 Å². The molecule has 0 saturated carbocycles. The summed E-state index contributed by atoms with van der Waals surface area (Å²) in [6.07, 6.45) is 1.71. The fraction of sp³-hybridized carbons (Fsp3) is 0.455. The number of carbonyl (C=O) groups is 2. The maximum Gasteiger partial charge on any atom is 0.219 e. The van der Waals surface area contributed by atoms with Crippen molar-refractivity contribution in [1.82, 2.24) is 0 Å². The predicted octanol–water partition coefficient (Wildman–Crippen LogP) is 1.78. The smallest absolute Gasteiger partial charge is 0.219 e. The van der Waals surface area contributed by atoms with Gasteiger partial charge in [0.2, 0.25) is 5.78 Å². The predicted molar refractivity (Wildman–Crippen MR) is 52.7 cm³/mol. The van der Waals surface area contributed by atoms with Gasteiger partial charge in [-0.05, 0) is 18.6 Å². The van der Waals surface area contributed by atoms with E-state index in [0.717, 1.165) is 5.57 Å². The zero-order valence-electron chi connectivity index (χ0n) is 8.50. The van der Waals surface area contributed by atoms with Gasteiger partial charge < -0.3 is 4.74 Å². The third-order valence-corrected chi connectivity index (χ3v) is 2.26. The van der Waals surface area contributed by atoms with Gasteiger partial charge in [0.1, 0.15) is 0 Å². The number of carbonyl (C=O) groups excluding carboxylic acids is 2. The molecular formula is C11H14O3. The minimum absolute atomic E-state index is 0.0382. The summed E-state index contributed by atoms with van der Waals surface area (Å²) in [6.45, 7) is 6.97. The number of rotatable bonds is 4. The second-order valence-electron chi connectivity index (χ2n) is 3.31. The van der Waals surface area contributed by atoms with E-state index in [-0.39, 0.29) is 11.6 Å². The average molecular weight is 194 g/mol. The van der Waals surface area contributed by atoms with Gasteiger partial charge in [-0.3, -0.25) is 9.59 Å². The van der Waals surface area contributed by atoms with Gasteiger partial charge >= 0.3 is 0 Å². The van der Waals surface area contributed by atoms with Crippen molar-refractivity contribution in [2.24, 2.45) is 0 Å². The van der Waals surface area contributed by atoms with E-state index in [2.05, 4.69) is 6.58 Å². The van der Waals surface area contributed by atoms with E-state index >= 15 is 0 Å². The maximum absolute atomic E-state index is 11.3. The van der Waals surface area contributed by atoms with Crippen molar-refractivity contribution in [3.63, 3.8) is 0 Å². The lowest BCUT2D eigenvalue weighted by molar-refractivity contribution is -0.128. The van der Waals surface area contributed by atoms with Crippen LogP contribution in [-0.2, 0) is 14.3 Å². The van der Waals surface area contributed by atoms with Crippen molar-refractivity contribution in [1.29, 1.82) is 0 Å². The highest BCUT2D eigenvalue weighted by molar-refractivity contribution is 6.03. The van der Waals surface area contributed by atoms with Crippen LogP contribution in [0.5, 0.6) is 0 Å². The molecule has 0 aromatic heterocycles. The molecule has 0 saturated heterocycles. The summed E-state index contributed by atoms with van der Waals surface area (Å²) < 4.78 is 5.29. The summed E-state index contributed by atoms with van der Waals surface area (Å²) >= 11 is 0. The van der Waals surface area contributed by atoms with E-state index in [1.807, 2.05) is 0 Å². The third kappa shape index (κ3) is 1.92. The van der Waals surface area contributed by atoms with E-state index in [1.54, 1.807) is 13.8 Å². The van der Waals surface area contributed by atoms with E-state index in [9.17, 15) is 9.59 Å². The Kier molecular flexibility index (Phi) is 3.23. The highest BCUT2D eigenvalue weighted by atomic mass is 16.5. The largest absolute Gasteiger partial charge is 0.478 e. The first kappa shape index (κ1) is 10.7. The SMILES string of the molecule is C=CC(=O)C1=C(C)CC(C(=O)CC)O1. The molecule has 0 aromatic carbocycles. The molecule has 0 fully saturated rings. The molecule has 0 spiro atoms. The summed E-state index contributed by atoms with van der Waals surface area (Å²) in [5, 5.41) is 0. The van der Waals surface area contributed by atoms with Crippen LogP contribution in [0.15, 0.2) is 24.0 Å². The van der Waals surface area contributed by atoms with Gasteiger partial charge in [0.25, 0.3) is 0 Å². The number of hydrogen-bond donors (Lipinski definition) is 0. The minimum atomic E-state index is -0.459. The summed E-state index contributed by atoms with van der Waals surface area (Å²) in [7, 11) is 0. The highest BCUT2D eigenvalue weighted by Crippen LogP contribution is 2.26. The fourth-order valence-electron chi connectivity index (χ4n) is 1.42. The van der Waals surface area contributed by atoms with E-state index in [4.69, 9.17) is 4.74 Å².